The minimum atomic E-state index is -0.456. The quantitative estimate of drug-likeness (QED) is 0.634. The van der Waals surface area contributed by atoms with Crippen molar-refractivity contribution in [1.82, 2.24) is 10.6 Å². The normalized spacial score (nSPS) is 10.8. The molecule has 0 saturated carbocycles. The van der Waals surface area contributed by atoms with Crippen molar-refractivity contribution in [2.75, 3.05) is 0 Å². The smallest absolute Gasteiger partial charge is 0.263 e. The van der Waals surface area contributed by atoms with E-state index in [0.717, 1.165) is 5.56 Å². The van der Waals surface area contributed by atoms with Crippen LogP contribution in [0.2, 0.25) is 5.02 Å². The average molecular weight is 316 g/mol. The van der Waals surface area contributed by atoms with Crippen LogP contribution in [0.5, 0.6) is 0 Å². The number of furan rings is 1. The second-order valence-corrected chi connectivity index (χ2v) is 4.88. The molecule has 0 fully saturated rings. The number of amides is 1. The summed E-state index contributed by atoms with van der Waals surface area (Å²) in [5.41, 5.74) is 0.995. The first-order chi connectivity index (χ1) is 10.7. The van der Waals surface area contributed by atoms with Gasteiger partial charge in [-0.25, -0.2) is 0 Å². The highest BCUT2D eigenvalue weighted by atomic mass is 35.5. The molecule has 22 heavy (non-hydrogen) atoms. The number of halogens is 1. The molecule has 112 valence electrons. The molecule has 1 aromatic heterocycles. The first-order valence-corrected chi connectivity index (χ1v) is 6.95. The van der Waals surface area contributed by atoms with Gasteiger partial charge in [-0.15, -0.1) is 0 Å². The Kier molecular flexibility index (Phi) is 5.64. The van der Waals surface area contributed by atoms with E-state index in [-0.39, 0.29) is 12.1 Å². The number of carbonyl (C=O) groups excluding carboxylic acids is 1. The molecule has 0 aliphatic rings. The molecule has 0 radical (unpaired) electrons. The first-order valence-electron chi connectivity index (χ1n) is 6.57. The summed E-state index contributed by atoms with van der Waals surface area (Å²) in [5, 5.41) is 15.2. The monoisotopic (exact) mass is 315 g/mol. The van der Waals surface area contributed by atoms with Crippen molar-refractivity contribution in [3.63, 3.8) is 0 Å². The molecular formula is C16H14ClN3O2. The van der Waals surface area contributed by atoms with Gasteiger partial charge in [0.05, 0.1) is 12.8 Å². The van der Waals surface area contributed by atoms with Crippen molar-refractivity contribution in [2.24, 2.45) is 0 Å². The van der Waals surface area contributed by atoms with Crippen LogP contribution < -0.4 is 10.6 Å². The van der Waals surface area contributed by atoms with E-state index >= 15 is 0 Å². The Morgan fingerprint density at radius 2 is 2.05 bits per heavy atom. The number of hydrogen-bond donors (Lipinski definition) is 2. The van der Waals surface area contributed by atoms with Crippen LogP contribution in [0.1, 0.15) is 11.3 Å². The highest BCUT2D eigenvalue weighted by Gasteiger charge is 2.08. The fourth-order valence-electron chi connectivity index (χ4n) is 1.70. The van der Waals surface area contributed by atoms with Gasteiger partial charge in [0.1, 0.15) is 17.4 Å². The number of nitriles is 1. The van der Waals surface area contributed by atoms with Gasteiger partial charge in [-0.1, -0.05) is 23.7 Å². The lowest BCUT2D eigenvalue weighted by Gasteiger charge is -2.04. The van der Waals surface area contributed by atoms with E-state index in [1.807, 2.05) is 18.2 Å². The largest absolute Gasteiger partial charge is 0.467 e. The van der Waals surface area contributed by atoms with Crippen molar-refractivity contribution in [3.05, 3.63) is 70.8 Å². The average Bonchev–Trinajstić information content (AvgIpc) is 3.04. The van der Waals surface area contributed by atoms with Crippen LogP contribution in [0.15, 0.2) is 58.9 Å². The van der Waals surface area contributed by atoms with Crippen molar-refractivity contribution < 1.29 is 9.21 Å². The Hall–Kier alpha value is -2.71. The van der Waals surface area contributed by atoms with E-state index in [2.05, 4.69) is 10.6 Å². The molecular weight excluding hydrogens is 302 g/mol. The number of rotatable bonds is 6. The summed E-state index contributed by atoms with van der Waals surface area (Å²) in [6, 6.07) is 12.6. The lowest BCUT2D eigenvalue weighted by Crippen LogP contribution is -2.25. The maximum Gasteiger partial charge on any atom is 0.263 e. The van der Waals surface area contributed by atoms with Crippen LogP contribution in [0.4, 0.5) is 0 Å². The molecule has 0 atom stereocenters. The summed E-state index contributed by atoms with van der Waals surface area (Å²) in [7, 11) is 0. The molecule has 0 aliphatic heterocycles. The summed E-state index contributed by atoms with van der Waals surface area (Å²) in [6.45, 7) is 0.732. The Morgan fingerprint density at radius 1 is 1.27 bits per heavy atom. The SMILES string of the molecule is N#C/C(=C/NCc1ccc(Cl)cc1)C(=O)NCc1ccco1. The number of nitrogens with zero attached hydrogens (tertiary/aromatic N) is 1. The Labute approximate surface area is 133 Å². The molecule has 0 saturated heterocycles. The molecule has 2 rings (SSSR count). The Balaban J connectivity index is 1.85. The summed E-state index contributed by atoms with van der Waals surface area (Å²) in [6.07, 6.45) is 2.92. The number of carbonyl (C=O) groups is 1. The van der Waals surface area contributed by atoms with E-state index < -0.39 is 5.91 Å². The predicted molar refractivity (Wildman–Crippen MR) is 82.5 cm³/mol. The van der Waals surface area contributed by atoms with Crippen LogP contribution in [0, 0.1) is 11.3 Å². The maximum atomic E-state index is 11.9. The zero-order valence-corrected chi connectivity index (χ0v) is 12.4. The van der Waals surface area contributed by atoms with Gasteiger partial charge < -0.3 is 15.1 Å². The van der Waals surface area contributed by atoms with Crippen molar-refractivity contribution in [2.45, 2.75) is 13.1 Å². The van der Waals surface area contributed by atoms with Gasteiger partial charge in [0.2, 0.25) is 0 Å². The van der Waals surface area contributed by atoms with E-state index in [4.69, 9.17) is 21.3 Å². The fourth-order valence-corrected chi connectivity index (χ4v) is 1.82. The van der Waals surface area contributed by atoms with Gasteiger partial charge >= 0.3 is 0 Å². The van der Waals surface area contributed by atoms with Crippen molar-refractivity contribution in [1.29, 1.82) is 5.26 Å². The van der Waals surface area contributed by atoms with Gasteiger partial charge in [-0.3, -0.25) is 4.79 Å². The third-order valence-corrected chi connectivity index (χ3v) is 3.09. The molecule has 6 heteroatoms. The molecule has 5 nitrogen and oxygen atoms in total. The summed E-state index contributed by atoms with van der Waals surface area (Å²) < 4.78 is 5.10. The second-order valence-electron chi connectivity index (χ2n) is 4.44. The zero-order valence-electron chi connectivity index (χ0n) is 11.7. The molecule has 0 spiro atoms. The van der Waals surface area contributed by atoms with Crippen LogP contribution >= 0.6 is 11.6 Å². The van der Waals surface area contributed by atoms with Gasteiger partial charge in [0.15, 0.2) is 0 Å². The summed E-state index contributed by atoms with van der Waals surface area (Å²) in [5.74, 6) is 0.169. The van der Waals surface area contributed by atoms with E-state index in [1.54, 1.807) is 24.3 Å². The third kappa shape index (κ3) is 4.69. The minimum absolute atomic E-state index is 0.000481. The number of nitrogens with one attached hydrogen (secondary N) is 2. The first kappa shape index (κ1) is 15.7. The van der Waals surface area contributed by atoms with Crippen molar-refractivity contribution in [3.8, 4) is 6.07 Å². The van der Waals surface area contributed by atoms with Crippen LogP contribution in [0.3, 0.4) is 0 Å². The molecule has 0 unspecified atom stereocenters. The van der Waals surface area contributed by atoms with Crippen LogP contribution in [-0.2, 0) is 17.9 Å². The van der Waals surface area contributed by atoms with Crippen LogP contribution in [-0.4, -0.2) is 5.91 Å². The molecule has 0 aliphatic carbocycles. The topological polar surface area (TPSA) is 78.1 Å². The molecule has 2 N–H and O–H groups in total. The number of benzene rings is 1. The fraction of sp³-hybridized carbons (Fsp3) is 0.125. The van der Waals surface area contributed by atoms with E-state index in [0.29, 0.717) is 17.3 Å². The minimum Gasteiger partial charge on any atom is -0.467 e. The lowest BCUT2D eigenvalue weighted by molar-refractivity contribution is -0.117. The highest BCUT2D eigenvalue weighted by molar-refractivity contribution is 6.30. The Bertz CT molecular complexity index is 685. The summed E-state index contributed by atoms with van der Waals surface area (Å²) >= 11 is 5.80. The maximum absolute atomic E-state index is 11.9. The molecule has 1 aromatic carbocycles. The standard InChI is InChI=1S/C16H14ClN3O2/c17-14-5-3-12(4-6-14)9-19-10-13(8-18)16(21)20-11-15-2-1-7-22-15/h1-7,10,19H,9,11H2,(H,20,21)/b13-10-. The van der Waals surface area contributed by atoms with Gasteiger partial charge in [0.25, 0.3) is 5.91 Å². The van der Waals surface area contributed by atoms with Gasteiger partial charge in [-0.2, -0.15) is 5.26 Å². The zero-order chi connectivity index (χ0) is 15.8. The molecule has 0 bridgehead atoms. The third-order valence-electron chi connectivity index (χ3n) is 2.83. The molecule has 2 aromatic rings. The Morgan fingerprint density at radius 3 is 2.68 bits per heavy atom. The van der Waals surface area contributed by atoms with E-state index in [9.17, 15) is 4.79 Å². The van der Waals surface area contributed by atoms with Gasteiger partial charge in [0, 0.05) is 17.8 Å². The predicted octanol–water partition coefficient (Wildman–Crippen LogP) is 2.75. The summed E-state index contributed by atoms with van der Waals surface area (Å²) in [4.78, 5) is 11.9. The highest BCUT2D eigenvalue weighted by Crippen LogP contribution is 2.09. The second kappa shape index (κ2) is 7.91. The van der Waals surface area contributed by atoms with Gasteiger partial charge in [-0.05, 0) is 29.8 Å². The van der Waals surface area contributed by atoms with Crippen molar-refractivity contribution >= 4 is 17.5 Å². The van der Waals surface area contributed by atoms with Crippen LogP contribution in [0.25, 0.3) is 0 Å². The lowest BCUT2D eigenvalue weighted by atomic mass is 10.2. The molecule has 1 amide bonds. The number of hydrogen-bond acceptors (Lipinski definition) is 4. The molecule has 1 heterocycles. The van der Waals surface area contributed by atoms with E-state index in [1.165, 1.54) is 12.5 Å².